The molecule has 0 aliphatic heterocycles. The molecule has 0 unspecified atom stereocenters. The first-order valence-electron chi connectivity index (χ1n) is 4.28. The van der Waals surface area contributed by atoms with Crippen LogP contribution in [0.3, 0.4) is 0 Å². The molecule has 0 aliphatic rings. The van der Waals surface area contributed by atoms with Gasteiger partial charge in [-0.15, -0.1) is 0 Å². The van der Waals surface area contributed by atoms with E-state index in [0.717, 1.165) is 0 Å². The van der Waals surface area contributed by atoms with E-state index in [2.05, 4.69) is 21.2 Å². The molecule has 5 nitrogen and oxygen atoms in total. The third-order valence-electron chi connectivity index (χ3n) is 1.94. The fourth-order valence-corrected chi connectivity index (χ4v) is 1.35. The smallest absolute Gasteiger partial charge is 0.372 e. The molecule has 1 heterocycles. The average molecular weight is 212 g/mol. The summed E-state index contributed by atoms with van der Waals surface area (Å²) in [5, 5.41) is 8.50. The van der Waals surface area contributed by atoms with Gasteiger partial charge in [-0.05, 0) is 18.1 Å². The normalized spacial score (nSPS) is 9.19. The van der Waals surface area contributed by atoms with E-state index in [4.69, 9.17) is 5.26 Å². The topological polar surface area (TPSA) is 86.9 Å². The summed E-state index contributed by atoms with van der Waals surface area (Å²) in [6, 6.07) is 6.40. The second-order valence-electron chi connectivity index (χ2n) is 2.89. The lowest BCUT2D eigenvalue weighted by atomic mass is 10.1. The van der Waals surface area contributed by atoms with Crippen LogP contribution in [0.1, 0.15) is 5.56 Å². The fraction of sp³-hybridized carbons (Fsp3) is 0. The summed E-state index contributed by atoms with van der Waals surface area (Å²) >= 11 is 0. The van der Waals surface area contributed by atoms with Crippen LogP contribution in [0, 0.1) is 23.2 Å². The van der Waals surface area contributed by atoms with Crippen LogP contribution in [0.5, 0.6) is 0 Å². The van der Waals surface area contributed by atoms with Crippen LogP contribution in [0.25, 0.3) is 10.9 Å². The summed E-state index contributed by atoms with van der Waals surface area (Å²) in [7, 11) is 0. The van der Waals surface area contributed by atoms with Gasteiger partial charge in [0, 0.05) is 11.5 Å². The molecule has 0 spiro atoms. The summed E-state index contributed by atoms with van der Waals surface area (Å²) in [6.07, 6.45) is 0. The van der Waals surface area contributed by atoms with Crippen molar-refractivity contribution in [3.05, 3.63) is 44.7 Å². The van der Waals surface area contributed by atoms with Crippen LogP contribution in [0.4, 0.5) is 0 Å². The third-order valence-corrected chi connectivity index (χ3v) is 1.94. The Morgan fingerprint density at radius 1 is 1.31 bits per heavy atom. The molecule has 0 fully saturated rings. The predicted molar refractivity (Wildman–Crippen MR) is 55.6 cm³/mol. The van der Waals surface area contributed by atoms with Gasteiger partial charge in [-0.2, -0.15) is 5.26 Å². The molecular weight excluding hydrogens is 208 g/mol. The Morgan fingerprint density at radius 3 is 2.88 bits per heavy atom. The minimum Gasteiger partial charge on any atom is -0.372 e. The number of aromatic amines is 1. The summed E-state index contributed by atoms with van der Waals surface area (Å²) < 4.78 is 4.39. The quantitative estimate of drug-likeness (QED) is 0.638. The van der Waals surface area contributed by atoms with Crippen LogP contribution in [-0.4, -0.2) is 4.98 Å². The predicted octanol–water partition coefficient (Wildman–Crippen LogP) is 0.356. The van der Waals surface area contributed by atoms with Crippen molar-refractivity contribution in [2.24, 2.45) is 0 Å². The molecule has 0 saturated carbocycles. The van der Waals surface area contributed by atoms with E-state index < -0.39 is 11.4 Å². The van der Waals surface area contributed by atoms with E-state index in [1.54, 1.807) is 24.3 Å². The second-order valence-corrected chi connectivity index (χ2v) is 2.89. The van der Waals surface area contributed by atoms with Gasteiger partial charge in [-0.3, -0.25) is 4.98 Å². The molecule has 2 rings (SSSR count). The van der Waals surface area contributed by atoms with Gasteiger partial charge >= 0.3 is 11.4 Å². The maximum atomic E-state index is 11.4. The van der Waals surface area contributed by atoms with Crippen molar-refractivity contribution < 1.29 is 4.42 Å². The number of aromatic nitrogens is 1. The molecule has 2 aromatic rings. The molecule has 0 radical (unpaired) electrons. The van der Waals surface area contributed by atoms with Crippen molar-refractivity contribution in [1.82, 2.24) is 4.98 Å². The second kappa shape index (κ2) is 3.76. The Balaban J connectivity index is 2.94. The van der Waals surface area contributed by atoms with Crippen molar-refractivity contribution in [1.29, 1.82) is 5.26 Å². The van der Waals surface area contributed by atoms with Gasteiger partial charge in [-0.25, -0.2) is 9.59 Å². The highest BCUT2D eigenvalue weighted by atomic mass is 16.4. The third kappa shape index (κ3) is 1.58. The Bertz CT molecular complexity index is 766. The SMILES string of the molecule is N#CC#Cc1cccc2[nH]c(=O)oc(=O)c12. The lowest BCUT2D eigenvalue weighted by Gasteiger charge is -1.96. The van der Waals surface area contributed by atoms with Gasteiger partial charge < -0.3 is 4.42 Å². The molecule has 1 aromatic heterocycles. The van der Waals surface area contributed by atoms with E-state index in [0.29, 0.717) is 11.1 Å². The number of nitrogens with one attached hydrogen (secondary N) is 1. The molecule has 1 N–H and O–H groups in total. The van der Waals surface area contributed by atoms with E-state index in [-0.39, 0.29) is 5.39 Å². The Kier molecular flexibility index (Phi) is 2.29. The maximum absolute atomic E-state index is 11.4. The molecule has 0 aliphatic carbocycles. The van der Waals surface area contributed by atoms with Crippen LogP contribution in [0.2, 0.25) is 0 Å². The number of hydrogen-bond acceptors (Lipinski definition) is 4. The van der Waals surface area contributed by atoms with Crippen LogP contribution in [-0.2, 0) is 0 Å². The number of hydrogen-bond donors (Lipinski definition) is 1. The van der Waals surface area contributed by atoms with E-state index in [1.807, 2.05) is 0 Å². The first kappa shape index (κ1) is 9.75. The molecule has 16 heavy (non-hydrogen) atoms. The van der Waals surface area contributed by atoms with Crippen molar-refractivity contribution in [2.75, 3.05) is 0 Å². The van der Waals surface area contributed by atoms with Crippen molar-refractivity contribution in [3.63, 3.8) is 0 Å². The van der Waals surface area contributed by atoms with Gasteiger partial charge in [0.1, 0.15) is 0 Å². The van der Waals surface area contributed by atoms with Gasteiger partial charge in [0.15, 0.2) is 6.07 Å². The number of nitriles is 1. The van der Waals surface area contributed by atoms with Gasteiger partial charge in [-0.1, -0.05) is 6.07 Å². The monoisotopic (exact) mass is 212 g/mol. The van der Waals surface area contributed by atoms with Crippen LogP contribution >= 0.6 is 0 Å². The zero-order valence-corrected chi connectivity index (χ0v) is 7.90. The standard InChI is InChI=1S/C11H4N2O3/c12-6-2-4-7-3-1-5-8-9(7)10(14)16-11(15)13-8/h1,3,5H,(H,13,15). The van der Waals surface area contributed by atoms with Crippen molar-refractivity contribution >= 4 is 10.9 Å². The molecule has 0 amide bonds. The molecular formula is C11H4N2O3. The van der Waals surface area contributed by atoms with E-state index in [9.17, 15) is 9.59 Å². The number of H-pyrrole nitrogens is 1. The minimum atomic E-state index is -0.817. The lowest BCUT2D eigenvalue weighted by Crippen LogP contribution is -2.15. The van der Waals surface area contributed by atoms with Gasteiger partial charge in [0.25, 0.3) is 0 Å². The van der Waals surface area contributed by atoms with E-state index in [1.165, 1.54) is 0 Å². The van der Waals surface area contributed by atoms with Crippen LogP contribution < -0.4 is 11.4 Å². The highest BCUT2D eigenvalue weighted by Gasteiger charge is 2.05. The average Bonchev–Trinajstić information content (AvgIpc) is 2.25. The Morgan fingerprint density at radius 2 is 2.12 bits per heavy atom. The largest absolute Gasteiger partial charge is 0.419 e. The summed E-state index contributed by atoms with van der Waals surface area (Å²) in [5.74, 6) is 3.87. The Labute approximate surface area is 88.9 Å². The van der Waals surface area contributed by atoms with Crippen molar-refractivity contribution in [3.8, 4) is 17.9 Å². The fourth-order valence-electron chi connectivity index (χ4n) is 1.35. The molecule has 0 bridgehead atoms. The first-order chi connectivity index (χ1) is 7.72. The van der Waals surface area contributed by atoms with Gasteiger partial charge in [0.05, 0.1) is 10.9 Å². The Hall–Kier alpha value is -2.79. The van der Waals surface area contributed by atoms with Crippen LogP contribution in [0.15, 0.2) is 32.2 Å². The molecule has 1 aromatic carbocycles. The van der Waals surface area contributed by atoms with E-state index >= 15 is 0 Å². The summed E-state index contributed by atoms with van der Waals surface area (Å²) in [4.78, 5) is 24.7. The number of benzene rings is 1. The highest BCUT2D eigenvalue weighted by Crippen LogP contribution is 2.10. The number of nitrogens with zero attached hydrogens (tertiary/aromatic N) is 1. The molecule has 0 saturated heterocycles. The lowest BCUT2D eigenvalue weighted by molar-refractivity contribution is 0.460. The van der Waals surface area contributed by atoms with Gasteiger partial charge in [0.2, 0.25) is 0 Å². The molecule has 76 valence electrons. The number of rotatable bonds is 0. The summed E-state index contributed by atoms with van der Waals surface area (Å²) in [6.45, 7) is 0. The zero-order chi connectivity index (χ0) is 11.5. The van der Waals surface area contributed by atoms with Crippen molar-refractivity contribution in [2.45, 2.75) is 0 Å². The number of fused-ring (bicyclic) bond motifs is 1. The highest BCUT2D eigenvalue weighted by molar-refractivity contribution is 5.83. The molecule has 0 atom stereocenters. The summed E-state index contributed by atoms with van der Waals surface area (Å²) in [5.41, 5.74) is -0.0726. The maximum Gasteiger partial charge on any atom is 0.419 e. The molecule has 5 heteroatoms. The minimum absolute atomic E-state index is 0.171. The zero-order valence-electron chi connectivity index (χ0n) is 7.90. The first-order valence-corrected chi connectivity index (χ1v) is 4.28.